The summed E-state index contributed by atoms with van der Waals surface area (Å²) in [5.41, 5.74) is 0. The van der Waals surface area contributed by atoms with E-state index in [4.69, 9.17) is 11.2 Å². The number of rotatable bonds is 3. The van der Waals surface area contributed by atoms with E-state index in [0.29, 0.717) is 0 Å². The smallest absolute Gasteiger partial charge is 0.0497 e. The molecule has 1 nitrogen and oxygen atoms in total. The Labute approximate surface area is 50.4 Å². The van der Waals surface area contributed by atoms with Gasteiger partial charge in [0.05, 0.1) is 0 Å². The molecule has 0 fully saturated rings. The minimum Gasteiger partial charge on any atom is -0.384 e. The van der Waals surface area contributed by atoms with Crippen LogP contribution in [0.25, 0.3) is 0 Å². The Morgan fingerprint density at radius 2 is 2.50 bits per heavy atom. The molecule has 0 aromatic carbocycles. The highest BCUT2D eigenvalue weighted by Crippen LogP contribution is 1.80. The van der Waals surface area contributed by atoms with Crippen LogP contribution in [0, 0.1) is 12.3 Å². The summed E-state index contributed by atoms with van der Waals surface area (Å²) >= 11 is 0. The van der Waals surface area contributed by atoms with E-state index in [1.54, 1.807) is 13.2 Å². The maximum atomic E-state index is 4.93. The molecule has 1 heteroatoms. The van der Waals surface area contributed by atoms with Crippen molar-refractivity contribution in [3.63, 3.8) is 0 Å². The standard InChI is InChI=1S/C7H10O/c1-3-4-5-6-7-8-2/h1,4-5H,6-7H2,2H3. The lowest BCUT2D eigenvalue weighted by atomic mass is 10.4. The van der Waals surface area contributed by atoms with Gasteiger partial charge in [-0.05, 0) is 12.5 Å². The van der Waals surface area contributed by atoms with Crippen LogP contribution in [-0.4, -0.2) is 13.7 Å². The Morgan fingerprint density at radius 3 is 3.00 bits per heavy atom. The van der Waals surface area contributed by atoms with Crippen molar-refractivity contribution in [1.82, 2.24) is 0 Å². The highest BCUT2D eigenvalue weighted by Gasteiger charge is 1.72. The zero-order chi connectivity index (χ0) is 6.24. The summed E-state index contributed by atoms with van der Waals surface area (Å²) in [6.07, 6.45) is 9.42. The molecule has 0 aromatic heterocycles. The number of ether oxygens (including phenoxy) is 1. The highest BCUT2D eigenvalue weighted by molar-refractivity contribution is 5.08. The Kier molecular flexibility index (Phi) is 5.68. The second-order valence-electron chi connectivity index (χ2n) is 1.35. The van der Waals surface area contributed by atoms with Gasteiger partial charge in [-0.1, -0.05) is 12.0 Å². The number of hydrogen-bond acceptors (Lipinski definition) is 1. The van der Waals surface area contributed by atoms with Crippen molar-refractivity contribution in [3.8, 4) is 12.3 Å². The lowest BCUT2D eigenvalue weighted by Crippen LogP contribution is -1.82. The van der Waals surface area contributed by atoms with Crippen LogP contribution in [0.3, 0.4) is 0 Å². The molecule has 0 unspecified atom stereocenters. The van der Waals surface area contributed by atoms with E-state index in [-0.39, 0.29) is 0 Å². The van der Waals surface area contributed by atoms with Gasteiger partial charge >= 0.3 is 0 Å². The maximum absolute atomic E-state index is 4.93. The Morgan fingerprint density at radius 1 is 1.75 bits per heavy atom. The minimum atomic E-state index is 0.748. The van der Waals surface area contributed by atoms with Crippen LogP contribution in [0.1, 0.15) is 6.42 Å². The van der Waals surface area contributed by atoms with E-state index in [2.05, 4.69) is 5.92 Å². The first-order valence-corrected chi connectivity index (χ1v) is 2.52. The first-order chi connectivity index (χ1) is 3.91. The minimum absolute atomic E-state index is 0.748. The quantitative estimate of drug-likeness (QED) is 0.392. The third kappa shape index (κ3) is 5.26. The van der Waals surface area contributed by atoms with Crippen molar-refractivity contribution in [1.29, 1.82) is 0 Å². The number of methoxy groups -OCH3 is 1. The van der Waals surface area contributed by atoms with Gasteiger partial charge in [-0.25, -0.2) is 0 Å². The van der Waals surface area contributed by atoms with Crippen LogP contribution in [0.15, 0.2) is 12.2 Å². The van der Waals surface area contributed by atoms with Gasteiger partial charge in [-0.3, -0.25) is 0 Å². The van der Waals surface area contributed by atoms with Crippen molar-refractivity contribution < 1.29 is 4.74 Å². The third-order valence-corrected chi connectivity index (χ3v) is 0.703. The molecule has 0 rings (SSSR count). The second kappa shape index (κ2) is 6.26. The molecule has 8 heavy (non-hydrogen) atoms. The normalized spacial score (nSPS) is 9.50. The van der Waals surface area contributed by atoms with Crippen molar-refractivity contribution >= 4 is 0 Å². The molecule has 0 saturated carbocycles. The van der Waals surface area contributed by atoms with Crippen LogP contribution in [0.5, 0.6) is 0 Å². The molecule has 0 aromatic rings. The summed E-state index contributed by atoms with van der Waals surface area (Å²) < 4.78 is 4.77. The van der Waals surface area contributed by atoms with Gasteiger partial charge in [0.15, 0.2) is 0 Å². The van der Waals surface area contributed by atoms with E-state index in [1.807, 2.05) is 6.08 Å². The fourth-order valence-corrected chi connectivity index (χ4v) is 0.337. The SMILES string of the molecule is C#CC=CCCOC. The summed E-state index contributed by atoms with van der Waals surface area (Å²) in [7, 11) is 1.67. The Balaban J connectivity index is 2.94. The van der Waals surface area contributed by atoms with Gasteiger partial charge in [-0.2, -0.15) is 0 Å². The van der Waals surface area contributed by atoms with Crippen molar-refractivity contribution in [3.05, 3.63) is 12.2 Å². The average molecular weight is 110 g/mol. The lowest BCUT2D eigenvalue weighted by molar-refractivity contribution is 0.204. The van der Waals surface area contributed by atoms with E-state index in [9.17, 15) is 0 Å². The van der Waals surface area contributed by atoms with Crippen LogP contribution in [0.2, 0.25) is 0 Å². The average Bonchev–Trinajstić information content (AvgIpc) is 1.81. The number of allylic oxidation sites excluding steroid dienone is 1. The Bertz CT molecular complexity index is 97.4. The zero-order valence-electron chi connectivity index (χ0n) is 5.05. The molecule has 0 amide bonds. The van der Waals surface area contributed by atoms with E-state index >= 15 is 0 Å². The van der Waals surface area contributed by atoms with Crippen LogP contribution in [0.4, 0.5) is 0 Å². The molecule has 0 spiro atoms. The predicted octanol–water partition coefficient (Wildman–Crippen LogP) is 1.21. The van der Waals surface area contributed by atoms with Gasteiger partial charge in [0.25, 0.3) is 0 Å². The summed E-state index contributed by atoms with van der Waals surface area (Å²) in [5, 5.41) is 0. The molecular weight excluding hydrogens is 100 g/mol. The van der Waals surface area contributed by atoms with Gasteiger partial charge in [0, 0.05) is 13.7 Å². The molecule has 44 valence electrons. The molecule has 0 atom stereocenters. The van der Waals surface area contributed by atoms with Crippen LogP contribution >= 0.6 is 0 Å². The van der Waals surface area contributed by atoms with Crippen molar-refractivity contribution in [2.45, 2.75) is 6.42 Å². The molecule has 0 aliphatic rings. The lowest BCUT2D eigenvalue weighted by Gasteiger charge is -1.87. The highest BCUT2D eigenvalue weighted by atomic mass is 16.5. The maximum Gasteiger partial charge on any atom is 0.0497 e. The zero-order valence-corrected chi connectivity index (χ0v) is 5.05. The van der Waals surface area contributed by atoms with Gasteiger partial charge in [0.2, 0.25) is 0 Å². The molecule has 0 radical (unpaired) electrons. The summed E-state index contributed by atoms with van der Waals surface area (Å²) in [5.74, 6) is 2.39. The molecule has 0 aliphatic heterocycles. The summed E-state index contributed by atoms with van der Waals surface area (Å²) in [6, 6.07) is 0. The van der Waals surface area contributed by atoms with E-state index in [1.165, 1.54) is 0 Å². The predicted molar refractivity (Wildman–Crippen MR) is 34.5 cm³/mol. The molecule has 0 heterocycles. The molecule has 0 bridgehead atoms. The summed E-state index contributed by atoms with van der Waals surface area (Å²) in [4.78, 5) is 0. The van der Waals surface area contributed by atoms with E-state index < -0.39 is 0 Å². The molecular formula is C7H10O. The van der Waals surface area contributed by atoms with Crippen LogP contribution < -0.4 is 0 Å². The molecule has 0 aliphatic carbocycles. The van der Waals surface area contributed by atoms with Crippen molar-refractivity contribution in [2.75, 3.05) is 13.7 Å². The molecule has 0 saturated heterocycles. The fraction of sp³-hybridized carbons (Fsp3) is 0.429. The van der Waals surface area contributed by atoms with E-state index in [0.717, 1.165) is 13.0 Å². The van der Waals surface area contributed by atoms with Gasteiger partial charge < -0.3 is 4.74 Å². The topological polar surface area (TPSA) is 9.23 Å². The first-order valence-electron chi connectivity index (χ1n) is 2.52. The first kappa shape index (κ1) is 7.26. The summed E-state index contributed by atoms with van der Waals surface area (Å²) in [6.45, 7) is 0.748. The monoisotopic (exact) mass is 110 g/mol. The Hall–Kier alpha value is -0.740. The fourth-order valence-electron chi connectivity index (χ4n) is 0.337. The molecule has 0 N–H and O–H groups in total. The van der Waals surface area contributed by atoms with Crippen molar-refractivity contribution in [2.24, 2.45) is 0 Å². The number of hydrogen-bond donors (Lipinski definition) is 0. The largest absolute Gasteiger partial charge is 0.384 e. The van der Waals surface area contributed by atoms with Crippen LogP contribution in [-0.2, 0) is 4.74 Å². The van der Waals surface area contributed by atoms with Gasteiger partial charge in [-0.15, -0.1) is 6.42 Å². The van der Waals surface area contributed by atoms with Gasteiger partial charge in [0.1, 0.15) is 0 Å². The number of terminal acetylenes is 1. The third-order valence-electron chi connectivity index (χ3n) is 0.703. The second-order valence-corrected chi connectivity index (χ2v) is 1.35.